The Morgan fingerprint density at radius 1 is 1.04 bits per heavy atom. The van der Waals surface area contributed by atoms with Crippen LogP contribution in [-0.2, 0) is 34.4 Å². The molecule has 1 amide bonds. The highest BCUT2D eigenvalue weighted by Crippen LogP contribution is 2.32. The molecule has 0 aliphatic carbocycles. The SMILES string of the molecule is [2H]c1c([2H])c(F)c(F)c(C([2H])([2H])Sc2c([2H])c(=O)c3c([2H])c(C)c([2H])c([2H])c3n2C([2H])([2H])C(=O)N(C([2H])([2H])c2c([2H])c([2H])c(-c3c([2H])c([2H])c(C(F)(F)F)c([2H])c3[2H])c([2H])c2[2H])C2([2H])C([2H])([2H])C([2H])([2H])N(C([2H])([2H])COC([2H])([2H])[2H])C([2H])([2H])C2([2H])[2H])c1[2H]. The fourth-order valence-electron chi connectivity index (χ4n) is 3.96. The van der Waals surface area contributed by atoms with E-state index in [9.17, 15) is 30.3 Å². The van der Waals surface area contributed by atoms with E-state index in [2.05, 4.69) is 4.74 Å². The number of ether oxygens (including phenoxy) is 1. The molecule has 278 valence electrons. The fraction of sp³-hybridized carbons (Fsp3) is 0.317. The van der Waals surface area contributed by atoms with Crippen LogP contribution in [0.1, 0.15) is 83.0 Å². The highest BCUT2D eigenvalue weighted by molar-refractivity contribution is 7.98. The van der Waals surface area contributed by atoms with E-state index in [1.54, 1.807) is 0 Å². The lowest BCUT2D eigenvalue weighted by Crippen LogP contribution is -2.48. The zero-order valence-corrected chi connectivity index (χ0v) is 26.9. The summed E-state index contributed by atoms with van der Waals surface area (Å²) in [5.74, 6) is -8.12. The summed E-state index contributed by atoms with van der Waals surface area (Å²) in [5.41, 5.74) is -17.8. The number of amides is 1. The molecule has 4 aromatic carbocycles. The maximum atomic E-state index is 16.2. The molecule has 0 spiro atoms. The van der Waals surface area contributed by atoms with Gasteiger partial charge in [-0.15, -0.1) is 11.8 Å². The summed E-state index contributed by atoms with van der Waals surface area (Å²) in [5, 5.41) is -3.34. The summed E-state index contributed by atoms with van der Waals surface area (Å²) >= 11 is -0.942. The van der Waals surface area contributed by atoms with E-state index in [1.807, 2.05) is 0 Å². The first-order chi connectivity index (χ1) is 39.2. The van der Waals surface area contributed by atoms with Crippen molar-refractivity contribution in [3.63, 3.8) is 0 Å². The minimum atomic E-state index is -5.65. The van der Waals surface area contributed by atoms with Gasteiger partial charge in [-0.2, -0.15) is 13.2 Å². The number of aromatic nitrogens is 1. The van der Waals surface area contributed by atoms with Crippen LogP contribution in [0.3, 0.4) is 0 Å². The van der Waals surface area contributed by atoms with Crippen molar-refractivity contribution in [1.29, 1.82) is 0 Å². The Morgan fingerprint density at radius 3 is 2.42 bits per heavy atom. The largest absolute Gasteiger partial charge is 0.416 e. The number of hydrogen-bond acceptors (Lipinski definition) is 5. The second kappa shape index (κ2) is 16.7. The van der Waals surface area contributed by atoms with E-state index >= 15 is 13.6 Å². The molecule has 1 aromatic heterocycles. The molecule has 1 aliphatic heterocycles. The van der Waals surface area contributed by atoms with Crippen molar-refractivity contribution < 1.29 is 79.5 Å². The molecule has 1 fully saturated rings. The Balaban J connectivity index is 1.89. The Morgan fingerprint density at radius 2 is 1.74 bits per heavy atom. The quantitative estimate of drug-likeness (QED) is 0.0937. The van der Waals surface area contributed by atoms with E-state index in [0.29, 0.717) is 0 Å². The lowest BCUT2D eigenvalue weighted by atomic mass is 10.00. The van der Waals surface area contributed by atoms with Crippen LogP contribution in [0.25, 0.3) is 22.0 Å². The number of fused-ring (bicyclic) bond motifs is 1. The first kappa shape index (κ1) is 14.0. The Bertz CT molecular complexity index is 3760. The van der Waals surface area contributed by atoms with Crippen LogP contribution in [0.4, 0.5) is 22.0 Å². The molecule has 1 saturated heterocycles. The number of hydrogen-bond donors (Lipinski definition) is 0. The molecule has 6 rings (SSSR count). The molecule has 53 heavy (non-hydrogen) atoms. The van der Waals surface area contributed by atoms with Gasteiger partial charge in [0.1, 0.15) is 6.50 Å². The van der Waals surface area contributed by atoms with Gasteiger partial charge in [0, 0.05) is 78.2 Å². The summed E-state index contributed by atoms with van der Waals surface area (Å²) in [6.07, 6.45) is -16.2. The monoisotopic (exact) mass is 784 g/mol. The summed E-state index contributed by atoms with van der Waals surface area (Å²) < 4.78 is 384. The van der Waals surface area contributed by atoms with Crippen LogP contribution in [0.2, 0.25) is 0 Å². The number of rotatable bonds is 12. The van der Waals surface area contributed by atoms with Gasteiger partial charge in [-0.25, -0.2) is 8.78 Å². The molecule has 0 N–H and O–H groups in total. The number of alkyl halides is 3. The first-order valence-corrected chi connectivity index (χ1v) is 14.9. The van der Waals surface area contributed by atoms with Gasteiger partial charge in [-0.05, 0) is 66.6 Å². The predicted molar refractivity (Wildman–Crippen MR) is 198 cm³/mol. The third-order valence-corrected chi connectivity index (χ3v) is 7.11. The molecule has 0 unspecified atom stereocenters. The number of thioether (sulfide) groups is 1. The topological polar surface area (TPSA) is 54.8 Å². The highest BCUT2D eigenvalue weighted by Gasteiger charge is 2.31. The zero-order valence-electron chi connectivity index (χ0n) is 61.1. The van der Waals surface area contributed by atoms with Gasteiger partial charge in [0.05, 0.1) is 54.2 Å². The average molecular weight is 785 g/mol. The molecule has 5 aromatic rings. The van der Waals surface area contributed by atoms with Gasteiger partial charge < -0.3 is 19.1 Å². The molecule has 12 heteroatoms. The number of nitrogens with zero attached hydrogens (tertiary/aromatic N) is 3. The average Bonchev–Trinajstić information content (AvgIpc) is 0.751. The lowest BCUT2D eigenvalue weighted by molar-refractivity contribution is -0.137. The lowest BCUT2D eigenvalue weighted by Gasteiger charge is -2.39. The molecule has 0 bridgehead atoms. The van der Waals surface area contributed by atoms with Crippen molar-refractivity contribution in [2.45, 2.75) is 55.6 Å². The number of pyridine rings is 1. The Labute approximate surface area is 358 Å². The van der Waals surface area contributed by atoms with Crippen molar-refractivity contribution in [3.05, 3.63) is 135 Å². The van der Waals surface area contributed by atoms with Crippen molar-refractivity contribution in [2.75, 3.05) is 33.1 Å². The first-order valence-electron chi connectivity index (χ1n) is 31.6. The van der Waals surface area contributed by atoms with E-state index in [1.165, 1.54) is 0 Å². The number of benzene rings is 4. The van der Waals surface area contributed by atoms with Gasteiger partial charge in [0.2, 0.25) is 5.91 Å². The third-order valence-electron chi connectivity index (χ3n) is 6.32. The van der Waals surface area contributed by atoms with E-state index in [-0.39, 0.29) is 0 Å². The second-order valence-electron chi connectivity index (χ2n) is 9.87. The molecule has 6 nitrogen and oxygen atoms in total. The van der Waals surface area contributed by atoms with Gasteiger partial charge in [-0.3, -0.25) is 9.59 Å². The Hall–Kier alpha value is -4.52. The molecule has 2 heterocycles. The standard InChI is InChI=1S/C41H40F5N3O3S/c1-27-6-15-36-34(22-27)37(50)23-39(53-26-31-4-3-5-35(42)40(31)43)49(36)25-38(51)48(33-16-18-47(19-17-33)20-21-52-2)24-28-7-9-29(10-8-28)30-11-13-32(14-12-30)41(44,45)46/h3-15,22-23,33H,16-21,24-26H2,1-2H3/i2D3,3D,4D,5D,6D,7D,8D,9D,10D,11D,12D,13D,14D,15D,16D2,17D2,18D2,19D2,20D2,22D,23D,24D2,25D2,26D2,33D. The van der Waals surface area contributed by atoms with Crippen molar-refractivity contribution >= 4 is 28.6 Å². The van der Waals surface area contributed by atoms with Crippen molar-refractivity contribution in [1.82, 2.24) is 14.4 Å². The fourth-order valence-corrected chi connectivity index (χ4v) is 4.67. The smallest absolute Gasteiger partial charge is 0.383 e. The molecule has 1 aliphatic rings. The summed E-state index contributed by atoms with van der Waals surface area (Å²) in [6.45, 7) is -25.7. The number of likely N-dealkylation sites (tertiary alicyclic amines) is 1. The predicted octanol–water partition coefficient (Wildman–Crippen LogP) is 8.71. The van der Waals surface area contributed by atoms with Crippen LogP contribution < -0.4 is 5.43 Å². The zero-order chi connectivity index (χ0) is 68.5. The van der Waals surface area contributed by atoms with Gasteiger partial charge in [0.15, 0.2) is 17.1 Å². The maximum Gasteiger partial charge on any atom is 0.416 e. The van der Waals surface area contributed by atoms with Crippen LogP contribution in [0.5, 0.6) is 0 Å². The maximum absolute atomic E-state index is 16.2. The molecular formula is C41H40F5N3O3S. The molecule has 0 saturated carbocycles. The van der Waals surface area contributed by atoms with Crippen LogP contribution in [0.15, 0.2) is 100 Å². The number of methoxy groups -OCH3 is 1. The number of carbonyl (C=O) groups is 1. The van der Waals surface area contributed by atoms with Gasteiger partial charge >= 0.3 is 6.18 Å². The third kappa shape index (κ3) is 9.17. The summed E-state index contributed by atoms with van der Waals surface area (Å²) in [7, 11) is -3.68. The van der Waals surface area contributed by atoms with Crippen LogP contribution >= 0.6 is 11.8 Å². The molecular weight excluding hydrogens is 710 g/mol. The molecule has 0 atom stereocenters. The molecule has 0 radical (unpaired) electrons. The highest BCUT2D eigenvalue weighted by atomic mass is 32.2. The number of halogens is 5. The van der Waals surface area contributed by atoms with Gasteiger partial charge in [-0.1, -0.05) is 59.9 Å². The Kier molecular flexibility index (Phi) is 4.39. The normalized spacial score (nSPS) is 29.4. The van der Waals surface area contributed by atoms with E-state index < -0.39 is 266 Å². The minimum absolute atomic E-state index is 0.626. The van der Waals surface area contributed by atoms with Crippen molar-refractivity contribution in [2.24, 2.45) is 0 Å². The number of piperidine rings is 1. The van der Waals surface area contributed by atoms with E-state index in [4.69, 9.17) is 35.6 Å². The second-order valence-corrected chi connectivity index (χ2v) is 10.7. The summed E-state index contributed by atoms with van der Waals surface area (Å²) in [6, 6.07) is -31.7. The van der Waals surface area contributed by atoms with Gasteiger partial charge in [0.25, 0.3) is 0 Å². The van der Waals surface area contributed by atoms with E-state index in [0.717, 1.165) is 6.92 Å². The minimum Gasteiger partial charge on any atom is -0.383 e. The van der Waals surface area contributed by atoms with Crippen LogP contribution in [-0.4, -0.2) is 59.4 Å². The summed E-state index contributed by atoms with van der Waals surface area (Å²) in [4.78, 5) is 27.9. The van der Waals surface area contributed by atoms with Crippen LogP contribution in [0, 0.1) is 18.6 Å². The van der Waals surface area contributed by atoms with Crippen molar-refractivity contribution in [3.8, 4) is 11.1 Å². The number of carbonyl (C=O) groups excluding carboxylic acids is 1.